The number of carbonyl (C=O) groups excluding carboxylic acids is 1. The van der Waals surface area contributed by atoms with Gasteiger partial charge in [0.1, 0.15) is 11.5 Å². The fourth-order valence-corrected chi connectivity index (χ4v) is 2.03. The number of nitrogens with zero attached hydrogens (tertiary/aromatic N) is 2. The predicted octanol–water partition coefficient (Wildman–Crippen LogP) is 3.03. The molecule has 0 atom stereocenters. The largest absolute Gasteiger partial charge is 0.292 e. The van der Waals surface area contributed by atoms with Gasteiger partial charge in [-0.05, 0) is 37.1 Å². The third kappa shape index (κ3) is 3.08. The molecular formula is C15H17FN2O. The predicted molar refractivity (Wildman–Crippen MR) is 71.7 cm³/mol. The van der Waals surface area contributed by atoms with Gasteiger partial charge in [0.05, 0.1) is 5.69 Å². The van der Waals surface area contributed by atoms with E-state index in [4.69, 9.17) is 0 Å². The van der Waals surface area contributed by atoms with Crippen molar-refractivity contribution in [2.75, 3.05) is 0 Å². The lowest BCUT2D eigenvalue weighted by atomic mass is 10.1. The van der Waals surface area contributed by atoms with E-state index in [-0.39, 0.29) is 18.0 Å². The number of hydrogen-bond acceptors (Lipinski definition) is 2. The van der Waals surface area contributed by atoms with Gasteiger partial charge in [0.2, 0.25) is 0 Å². The Bertz CT molecular complexity index is 590. The van der Waals surface area contributed by atoms with Gasteiger partial charge < -0.3 is 0 Å². The standard InChI is InChI=1S/C15H17FN2O/c1-3-13-10-14(18(4-2)17-13)15(19)9-11-6-5-7-12(16)8-11/h5-8,10H,3-4,9H2,1-2H3. The van der Waals surface area contributed by atoms with Gasteiger partial charge in [-0.25, -0.2) is 4.39 Å². The molecule has 2 rings (SSSR count). The highest BCUT2D eigenvalue weighted by atomic mass is 19.1. The molecule has 0 fully saturated rings. The zero-order valence-electron chi connectivity index (χ0n) is 11.2. The van der Waals surface area contributed by atoms with Crippen molar-refractivity contribution in [2.24, 2.45) is 0 Å². The Morgan fingerprint density at radius 3 is 2.74 bits per heavy atom. The van der Waals surface area contributed by atoms with Crippen LogP contribution in [0.4, 0.5) is 4.39 Å². The van der Waals surface area contributed by atoms with Crippen molar-refractivity contribution >= 4 is 5.78 Å². The Morgan fingerprint density at radius 1 is 1.32 bits per heavy atom. The molecule has 100 valence electrons. The van der Waals surface area contributed by atoms with Gasteiger partial charge in [0.25, 0.3) is 0 Å². The number of carbonyl (C=O) groups is 1. The van der Waals surface area contributed by atoms with Crippen LogP contribution < -0.4 is 0 Å². The summed E-state index contributed by atoms with van der Waals surface area (Å²) in [5.41, 5.74) is 2.19. The first kappa shape index (κ1) is 13.5. The number of aryl methyl sites for hydroxylation is 2. The number of hydrogen-bond donors (Lipinski definition) is 0. The van der Waals surface area contributed by atoms with E-state index in [9.17, 15) is 9.18 Å². The Balaban J connectivity index is 2.22. The second-order valence-electron chi connectivity index (χ2n) is 4.42. The first-order valence-electron chi connectivity index (χ1n) is 6.48. The van der Waals surface area contributed by atoms with Crippen LogP contribution in [0.25, 0.3) is 0 Å². The number of aromatic nitrogens is 2. The average molecular weight is 260 g/mol. The van der Waals surface area contributed by atoms with Crippen LogP contribution >= 0.6 is 0 Å². The van der Waals surface area contributed by atoms with E-state index in [1.165, 1.54) is 12.1 Å². The van der Waals surface area contributed by atoms with E-state index in [0.717, 1.165) is 12.1 Å². The highest BCUT2D eigenvalue weighted by Crippen LogP contribution is 2.11. The second-order valence-corrected chi connectivity index (χ2v) is 4.42. The molecule has 0 saturated heterocycles. The van der Waals surface area contributed by atoms with Crippen LogP contribution in [0.15, 0.2) is 30.3 Å². The van der Waals surface area contributed by atoms with Crippen LogP contribution in [0.5, 0.6) is 0 Å². The first-order valence-corrected chi connectivity index (χ1v) is 6.48. The molecule has 0 saturated carbocycles. The lowest BCUT2D eigenvalue weighted by Crippen LogP contribution is -2.11. The summed E-state index contributed by atoms with van der Waals surface area (Å²) in [5.74, 6) is -0.344. The minimum absolute atomic E-state index is 0.0281. The molecule has 0 aliphatic rings. The maximum atomic E-state index is 13.1. The molecule has 19 heavy (non-hydrogen) atoms. The van der Waals surface area contributed by atoms with Crippen molar-refractivity contribution in [3.8, 4) is 0 Å². The minimum atomic E-state index is -0.316. The van der Waals surface area contributed by atoms with Crippen molar-refractivity contribution in [3.63, 3.8) is 0 Å². The maximum Gasteiger partial charge on any atom is 0.185 e. The summed E-state index contributed by atoms with van der Waals surface area (Å²) in [6.07, 6.45) is 1.000. The van der Waals surface area contributed by atoms with Crippen molar-refractivity contribution < 1.29 is 9.18 Å². The van der Waals surface area contributed by atoms with Crippen LogP contribution in [0, 0.1) is 5.82 Å². The zero-order valence-corrected chi connectivity index (χ0v) is 11.2. The quantitative estimate of drug-likeness (QED) is 0.774. The highest BCUT2D eigenvalue weighted by molar-refractivity contribution is 5.96. The molecular weight excluding hydrogens is 243 g/mol. The lowest BCUT2D eigenvalue weighted by molar-refractivity contribution is 0.0982. The van der Waals surface area contributed by atoms with Gasteiger partial charge in [-0.15, -0.1) is 0 Å². The number of ketones is 1. The Kier molecular flexibility index (Phi) is 4.10. The molecule has 0 bridgehead atoms. The van der Waals surface area contributed by atoms with Crippen molar-refractivity contribution in [2.45, 2.75) is 33.2 Å². The summed E-state index contributed by atoms with van der Waals surface area (Å²) in [6.45, 7) is 4.61. The Morgan fingerprint density at radius 2 is 2.11 bits per heavy atom. The summed E-state index contributed by atoms with van der Waals surface area (Å²) in [5, 5.41) is 4.35. The SMILES string of the molecule is CCc1cc(C(=O)Cc2cccc(F)c2)n(CC)n1. The number of halogens is 1. The number of Topliss-reactive ketones (excluding diaryl/α,β-unsaturated/α-hetero) is 1. The fraction of sp³-hybridized carbons (Fsp3) is 0.333. The van der Waals surface area contributed by atoms with Crippen LogP contribution in [-0.4, -0.2) is 15.6 Å². The summed E-state index contributed by atoms with van der Waals surface area (Å²) in [4.78, 5) is 12.3. The highest BCUT2D eigenvalue weighted by Gasteiger charge is 2.14. The van der Waals surface area contributed by atoms with Crippen molar-refractivity contribution in [3.05, 3.63) is 53.1 Å². The third-order valence-electron chi connectivity index (χ3n) is 3.03. The summed E-state index contributed by atoms with van der Waals surface area (Å²) >= 11 is 0. The van der Waals surface area contributed by atoms with Crippen LogP contribution in [0.1, 0.15) is 35.6 Å². The third-order valence-corrected chi connectivity index (χ3v) is 3.03. The van der Waals surface area contributed by atoms with Gasteiger partial charge in [0.15, 0.2) is 5.78 Å². The topological polar surface area (TPSA) is 34.9 Å². The summed E-state index contributed by atoms with van der Waals surface area (Å²) in [7, 11) is 0. The van der Waals surface area contributed by atoms with Crippen molar-refractivity contribution in [1.29, 1.82) is 0 Å². The smallest absolute Gasteiger partial charge is 0.185 e. The van der Waals surface area contributed by atoms with Crippen LogP contribution in [0.3, 0.4) is 0 Å². The molecule has 0 spiro atoms. The van der Waals surface area contributed by atoms with E-state index in [0.29, 0.717) is 17.8 Å². The van der Waals surface area contributed by atoms with E-state index >= 15 is 0 Å². The number of benzene rings is 1. The molecule has 1 aromatic carbocycles. The number of rotatable bonds is 5. The second kappa shape index (κ2) is 5.78. The molecule has 4 heteroatoms. The molecule has 0 aliphatic heterocycles. The molecule has 0 N–H and O–H groups in total. The van der Waals surface area contributed by atoms with Crippen molar-refractivity contribution in [1.82, 2.24) is 9.78 Å². The van der Waals surface area contributed by atoms with E-state index in [1.54, 1.807) is 16.8 Å². The average Bonchev–Trinajstić information content (AvgIpc) is 2.82. The minimum Gasteiger partial charge on any atom is -0.292 e. The van der Waals surface area contributed by atoms with E-state index < -0.39 is 0 Å². The first-order chi connectivity index (χ1) is 9.13. The monoisotopic (exact) mass is 260 g/mol. The van der Waals surface area contributed by atoms with Gasteiger partial charge in [-0.3, -0.25) is 9.48 Å². The Hall–Kier alpha value is -1.97. The summed E-state index contributed by atoms with van der Waals surface area (Å²) < 4.78 is 14.8. The molecule has 1 aromatic heterocycles. The van der Waals surface area contributed by atoms with Gasteiger partial charge in [0, 0.05) is 13.0 Å². The molecule has 0 radical (unpaired) electrons. The maximum absolute atomic E-state index is 13.1. The fourth-order valence-electron chi connectivity index (χ4n) is 2.03. The lowest BCUT2D eigenvalue weighted by Gasteiger charge is -2.04. The Labute approximate surface area is 112 Å². The molecule has 0 amide bonds. The van der Waals surface area contributed by atoms with E-state index in [1.807, 2.05) is 19.9 Å². The van der Waals surface area contributed by atoms with Gasteiger partial charge in [-0.2, -0.15) is 5.10 Å². The van der Waals surface area contributed by atoms with Crippen LogP contribution in [0.2, 0.25) is 0 Å². The van der Waals surface area contributed by atoms with E-state index in [2.05, 4.69) is 5.10 Å². The molecule has 3 nitrogen and oxygen atoms in total. The molecule has 0 unspecified atom stereocenters. The van der Waals surface area contributed by atoms with Gasteiger partial charge in [-0.1, -0.05) is 19.1 Å². The summed E-state index contributed by atoms with van der Waals surface area (Å²) in [6, 6.07) is 7.97. The normalized spacial score (nSPS) is 10.7. The molecule has 2 aromatic rings. The van der Waals surface area contributed by atoms with Crippen LogP contribution in [-0.2, 0) is 19.4 Å². The molecule has 0 aliphatic carbocycles. The van der Waals surface area contributed by atoms with Gasteiger partial charge >= 0.3 is 0 Å². The zero-order chi connectivity index (χ0) is 13.8. The molecule has 1 heterocycles.